The van der Waals surface area contributed by atoms with Gasteiger partial charge in [0.2, 0.25) is 0 Å². The number of carbonyl (C=O) groups excluding carboxylic acids is 1. The summed E-state index contributed by atoms with van der Waals surface area (Å²) in [6, 6.07) is 13.3. The van der Waals surface area contributed by atoms with E-state index in [9.17, 15) is 9.18 Å². The Hall–Kier alpha value is -2.05. The maximum atomic E-state index is 14.6. The Labute approximate surface area is 190 Å². The van der Waals surface area contributed by atoms with Gasteiger partial charge in [-0.1, -0.05) is 37.9 Å². The Morgan fingerprint density at radius 3 is 2.55 bits per heavy atom. The van der Waals surface area contributed by atoms with E-state index >= 15 is 0 Å². The summed E-state index contributed by atoms with van der Waals surface area (Å²) in [5.74, 6) is 0.975. The Kier molecular flexibility index (Phi) is 8.38. The minimum atomic E-state index is -0.135. The van der Waals surface area contributed by atoms with E-state index in [1.54, 1.807) is 18.0 Å². The molecule has 4 nitrogen and oxygen atoms in total. The number of amides is 1. The van der Waals surface area contributed by atoms with E-state index in [0.29, 0.717) is 12.1 Å². The van der Waals surface area contributed by atoms with Gasteiger partial charge < -0.3 is 9.62 Å². The number of benzene rings is 2. The summed E-state index contributed by atoms with van der Waals surface area (Å²) in [6.07, 6.45) is 1.95. The Bertz CT molecular complexity index is 874. The first-order valence-electron chi connectivity index (χ1n) is 11.3. The normalized spacial score (nSPS) is 18.1. The van der Waals surface area contributed by atoms with Crippen LogP contribution in [-0.4, -0.2) is 47.1 Å². The first kappa shape index (κ1) is 23.6. The standard InChI is InChI=1S/C25H34FN3OS/c1-5-15-31-27-22-10-8-21(9-11-22)25(30)29-14-13-28(17-18(29)3)19(4)23-12-7-20(6-2)16-24(23)26/h7-12,16,18-19,27H,5-6,13-15,17H2,1-4H3. The molecule has 1 saturated heterocycles. The number of nitrogens with one attached hydrogen (secondary N) is 1. The maximum Gasteiger partial charge on any atom is 0.254 e. The summed E-state index contributed by atoms with van der Waals surface area (Å²) in [7, 11) is 0. The van der Waals surface area contributed by atoms with E-state index < -0.39 is 0 Å². The van der Waals surface area contributed by atoms with Crippen LogP contribution < -0.4 is 4.72 Å². The number of anilines is 1. The lowest BCUT2D eigenvalue weighted by molar-refractivity contribution is 0.0402. The van der Waals surface area contributed by atoms with Crippen LogP contribution in [0.1, 0.15) is 61.6 Å². The molecule has 1 heterocycles. The molecule has 1 aliphatic rings. The summed E-state index contributed by atoms with van der Waals surface area (Å²) in [5.41, 5.74) is 3.47. The fourth-order valence-electron chi connectivity index (χ4n) is 4.05. The molecule has 6 heteroatoms. The van der Waals surface area contributed by atoms with Crippen LogP contribution >= 0.6 is 11.9 Å². The lowest BCUT2D eigenvalue weighted by Gasteiger charge is -2.42. The van der Waals surface area contributed by atoms with E-state index in [4.69, 9.17) is 0 Å². The second-order valence-electron chi connectivity index (χ2n) is 8.26. The first-order chi connectivity index (χ1) is 14.9. The Morgan fingerprint density at radius 1 is 1.19 bits per heavy atom. The average Bonchev–Trinajstić information content (AvgIpc) is 2.78. The Morgan fingerprint density at radius 2 is 1.94 bits per heavy atom. The van der Waals surface area contributed by atoms with E-state index in [1.807, 2.05) is 48.2 Å². The number of halogens is 1. The minimum Gasteiger partial charge on any atom is -0.333 e. The second-order valence-corrected chi connectivity index (χ2v) is 9.16. The van der Waals surface area contributed by atoms with Crippen molar-refractivity contribution in [2.24, 2.45) is 0 Å². The number of hydrogen-bond acceptors (Lipinski definition) is 4. The van der Waals surface area contributed by atoms with Gasteiger partial charge in [-0.2, -0.15) is 0 Å². The van der Waals surface area contributed by atoms with Crippen molar-refractivity contribution < 1.29 is 9.18 Å². The summed E-state index contributed by atoms with van der Waals surface area (Å²) in [5, 5.41) is 0. The van der Waals surface area contributed by atoms with Crippen molar-refractivity contribution >= 4 is 23.5 Å². The predicted molar refractivity (Wildman–Crippen MR) is 129 cm³/mol. The number of rotatable bonds is 8. The van der Waals surface area contributed by atoms with Gasteiger partial charge in [0.1, 0.15) is 5.82 Å². The average molecular weight is 444 g/mol. The summed E-state index contributed by atoms with van der Waals surface area (Å²) in [4.78, 5) is 17.3. The summed E-state index contributed by atoms with van der Waals surface area (Å²) >= 11 is 1.68. The molecule has 1 amide bonds. The third kappa shape index (κ3) is 5.80. The van der Waals surface area contributed by atoms with Gasteiger partial charge in [0.05, 0.1) is 0 Å². The second kappa shape index (κ2) is 11.0. The molecule has 1 N–H and O–H groups in total. The zero-order chi connectivity index (χ0) is 22.4. The van der Waals surface area contributed by atoms with Crippen molar-refractivity contribution in [3.63, 3.8) is 0 Å². The van der Waals surface area contributed by atoms with Crippen LogP contribution in [-0.2, 0) is 6.42 Å². The molecule has 2 unspecified atom stereocenters. The summed E-state index contributed by atoms with van der Waals surface area (Å²) < 4.78 is 17.9. The van der Waals surface area contributed by atoms with E-state index in [2.05, 4.69) is 30.4 Å². The number of carbonyl (C=O) groups is 1. The van der Waals surface area contributed by atoms with Gasteiger partial charge in [-0.05, 0) is 62.6 Å². The van der Waals surface area contributed by atoms with Gasteiger partial charge >= 0.3 is 0 Å². The SMILES string of the molecule is CCCSNc1ccc(C(=O)N2CCN(C(C)c3ccc(CC)cc3F)CC2C)cc1. The molecule has 0 bridgehead atoms. The van der Waals surface area contributed by atoms with Gasteiger partial charge in [-0.3, -0.25) is 9.69 Å². The van der Waals surface area contributed by atoms with Gasteiger partial charge in [-0.25, -0.2) is 4.39 Å². The molecule has 2 atom stereocenters. The van der Waals surface area contributed by atoms with Gasteiger partial charge in [0.25, 0.3) is 5.91 Å². The first-order valence-corrected chi connectivity index (χ1v) is 12.2. The quantitative estimate of drug-likeness (QED) is 0.415. The zero-order valence-electron chi connectivity index (χ0n) is 19.0. The van der Waals surface area contributed by atoms with E-state index in [-0.39, 0.29) is 23.8 Å². The fourth-order valence-corrected chi connectivity index (χ4v) is 4.66. The van der Waals surface area contributed by atoms with Crippen LogP contribution in [0.2, 0.25) is 0 Å². The van der Waals surface area contributed by atoms with Crippen molar-refractivity contribution in [3.05, 3.63) is 65.0 Å². The molecule has 0 aliphatic carbocycles. The zero-order valence-corrected chi connectivity index (χ0v) is 19.8. The molecule has 0 saturated carbocycles. The molecule has 168 valence electrons. The molecular formula is C25H34FN3OS. The third-order valence-electron chi connectivity index (χ3n) is 6.02. The molecular weight excluding hydrogens is 409 g/mol. The highest BCUT2D eigenvalue weighted by molar-refractivity contribution is 8.00. The minimum absolute atomic E-state index is 0.0170. The Balaban J connectivity index is 1.61. The van der Waals surface area contributed by atoms with Gasteiger partial charge in [-0.15, -0.1) is 0 Å². The topological polar surface area (TPSA) is 35.6 Å². The van der Waals surface area contributed by atoms with Crippen LogP contribution in [0, 0.1) is 5.82 Å². The highest BCUT2D eigenvalue weighted by Crippen LogP contribution is 2.27. The highest BCUT2D eigenvalue weighted by Gasteiger charge is 2.31. The fraction of sp³-hybridized carbons (Fsp3) is 0.480. The van der Waals surface area contributed by atoms with Crippen molar-refractivity contribution in [1.82, 2.24) is 9.80 Å². The molecule has 2 aromatic carbocycles. The third-order valence-corrected chi connectivity index (χ3v) is 7.01. The van der Waals surface area contributed by atoms with Crippen molar-refractivity contribution in [1.29, 1.82) is 0 Å². The molecule has 1 fully saturated rings. The number of piperazine rings is 1. The number of nitrogens with zero attached hydrogens (tertiary/aromatic N) is 2. The van der Waals surface area contributed by atoms with Crippen LogP contribution in [0.4, 0.5) is 10.1 Å². The molecule has 0 aromatic heterocycles. The molecule has 3 rings (SSSR count). The van der Waals surface area contributed by atoms with Gasteiger partial charge in [0, 0.05) is 54.3 Å². The number of aryl methyl sites for hydroxylation is 1. The van der Waals surface area contributed by atoms with Crippen molar-refractivity contribution in [2.45, 2.75) is 52.6 Å². The molecule has 2 aromatic rings. The smallest absolute Gasteiger partial charge is 0.254 e. The van der Waals surface area contributed by atoms with E-state index in [1.165, 1.54) is 0 Å². The molecule has 31 heavy (non-hydrogen) atoms. The molecule has 0 spiro atoms. The molecule has 1 aliphatic heterocycles. The van der Waals surface area contributed by atoms with Crippen LogP contribution in [0.3, 0.4) is 0 Å². The van der Waals surface area contributed by atoms with Crippen molar-refractivity contribution in [2.75, 3.05) is 30.1 Å². The lowest BCUT2D eigenvalue weighted by atomic mass is 10.0. The van der Waals surface area contributed by atoms with E-state index in [0.717, 1.165) is 48.5 Å². The highest BCUT2D eigenvalue weighted by atomic mass is 32.2. The van der Waals surface area contributed by atoms with Crippen LogP contribution in [0.15, 0.2) is 42.5 Å². The number of hydrogen-bond donors (Lipinski definition) is 1. The molecule has 0 radical (unpaired) electrons. The largest absolute Gasteiger partial charge is 0.333 e. The van der Waals surface area contributed by atoms with Gasteiger partial charge in [0.15, 0.2) is 0 Å². The summed E-state index contributed by atoms with van der Waals surface area (Å²) in [6.45, 7) is 10.4. The predicted octanol–water partition coefficient (Wildman–Crippen LogP) is 5.77. The van der Waals surface area contributed by atoms with Crippen molar-refractivity contribution in [3.8, 4) is 0 Å². The van der Waals surface area contributed by atoms with Crippen LogP contribution in [0.5, 0.6) is 0 Å². The monoisotopic (exact) mass is 443 g/mol. The lowest BCUT2D eigenvalue weighted by Crippen LogP contribution is -2.54. The van der Waals surface area contributed by atoms with Crippen LogP contribution in [0.25, 0.3) is 0 Å². The maximum absolute atomic E-state index is 14.6.